The van der Waals surface area contributed by atoms with Gasteiger partial charge in [-0.2, -0.15) is 0 Å². The lowest BCUT2D eigenvalue weighted by molar-refractivity contribution is -0.145. The average molecular weight is 372 g/mol. The van der Waals surface area contributed by atoms with Gasteiger partial charge in [-0.3, -0.25) is 4.79 Å². The summed E-state index contributed by atoms with van der Waals surface area (Å²) in [5.74, 6) is -2.17. The van der Waals surface area contributed by atoms with Crippen molar-refractivity contribution < 1.29 is 19.8 Å². The first kappa shape index (κ1) is 15.8. The Bertz CT molecular complexity index is 693. The van der Waals surface area contributed by atoms with Gasteiger partial charge in [0.1, 0.15) is 0 Å². The first-order valence-corrected chi connectivity index (χ1v) is 7.26. The Hall–Kier alpha value is -1.59. The number of hydrogen-bond acceptors (Lipinski definition) is 2. The maximum Gasteiger partial charge on any atom is 0.332 e. The molecule has 1 atom stereocenters. The second-order valence-corrected chi connectivity index (χ2v) is 6.32. The minimum absolute atomic E-state index is 0.0657. The van der Waals surface area contributed by atoms with E-state index in [1.54, 1.807) is 24.3 Å². The Kier molecular flexibility index (Phi) is 4.25. The Balaban J connectivity index is 2.55. The number of aliphatic carboxylic acids is 2. The Morgan fingerprint density at radius 3 is 2.52 bits per heavy atom. The molecule has 0 bridgehead atoms. The molecule has 2 N–H and O–H groups in total. The van der Waals surface area contributed by atoms with Gasteiger partial charge in [0.05, 0.1) is 10.4 Å². The van der Waals surface area contributed by atoms with Crippen molar-refractivity contribution >= 4 is 45.0 Å². The number of carboxylic acids is 2. The highest BCUT2D eigenvalue weighted by Gasteiger charge is 2.36. The van der Waals surface area contributed by atoms with Gasteiger partial charge in [-0.05, 0) is 52.5 Å². The molecule has 0 aliphatic heterocycles. The van der Waals surface area contributed by atoms with Crippen LogP contribution in [0.5, 0.6) is 0 Å². The molecule has 1 aromatic carbocycles. The van der Waals surface area contributed by atoms with Crippen LogP contribution in [0.2, 0.25) is 5.02 Å². The minimum atomic E-state index is -1.21. The van der Waals surface area contributed by atoms with Gasteiger partial charge in [0.25, 0.3) is 0 Å². The highest BCUT2D eigenvalue weighted by Crippen LogP contribution is 2.39. The number of benzene rings is 1. The lowest BCUT2D eigenvalue weighted by atomic mass is 9.76. The molecular weight excluding hydrogens is 360 g/mol. The van der Waals surface area contributed by atoms with Crippen molar-refractivity contribution in [3.8, 4) is 0 Å². The largest absolute Gasteiger partial charge is 0.481 e. The first-order valence-electron chi connectivity index (χ1n) is 6.09. The summed E-state index contributed by atoms with van der Waals surface area (Å²) in [5, 5.41) is 19.1. The maximum atomic E-state index is 11.5. The number of carboxylic acid groups (broad SMARTS) is 2. The number of halogens is 2. The Morgan fingerprint density at radius 2 is 2.00 bits per heavy atom. The zero-order chi connectivity index (χ0) is 15.8. The smallest absolute Gasteiger partial charge is 0.332 e. The molecule has 1 aromatic rings. The van der Waals surface area contributed by atoms with Gasteiger partial charge in [0.15, 0.2) is 0 Å². The van der Waals surface area contributed by atoms with Crippen molar-refractivity contribution in [3.05, 3.63) is 51.0 Å². The lowest BCUT2D eigenvalue weighted by Crippen LogP contribution is -2.29. The van der Waals surface area contributed by atoms with Crippen LogP contribution in [0.25, 0.3) is 5.57 Å². The summed E-state index contributed by atoms with van der Waals surface area (Å²) >= 11 is 9.23. The van der Waals surface area contributed by atoms with Crippen molar-refractivity contribution in [2.45, 2.75) is 13.3 Å². The Labute approximate surface area is 134 Å². The van der Waals surface area contributed by atoms with Gasteiger partial charge in [0.2, 0.25) is 0 Å². The molecule has 0 heterocycles. The third-order valence-corrected chi connectivity index (χ3v) is 4.68. The molecule has 4 nitrogen and oxygen atoms in total. The molecule has 1 unspecified atom stereocenters. The molecule has 0 aromatic heterocycles. The molecule has 0 radical (unpaired) electrons. The third-order valence-electron chi connectivity index (χ3n) is 3.46. The van der Waals surface area contributed by atoms with Crippen molar-refractivity contribution in [1.82, 2.24) is 0 Å². The van der Waals surface area contributed by atoms with E-state index in [0.717, 1.165) is 0 Å². The number of carbonyl (C=O) groups is 2. The predicted molar refractivity (Wildman–Crippen MR) is 83.2 cm³/mol. The summed E-state index contributed by atoms with van der Waals surface area (Å²) < 4.78 is 0.652. The first-order chi connectivity index (χ1) is 9.74. The molecule has 21 heavy (non-hydrogen) atoms. The van der Waals surface area contributed by atoms with Gasteiger partial charge in [-0.1, -0.05) is 29.8 Å². The predicted octanol–water partition coefficient (Wildman–Crippen LogP) is 3.99. The summed E-state index contributed by atoms with van der Waals surface area (Å²) in [6, 6.07) is 5.08. The normalized spacial score (nSPS) is 21.5. The summed E-state index contributed by atoms with van der Waals surface area (Å²) in [4.78, 5) is 22.8. The topological polar surface area (TPSA) is 74.6 Å². The van der Waals surface area contributed by atoms with Gasteiger partial charge >= 0.3 is 11.9 Å². The molecule has 2 rings (SSSR count). The van der Waals surface area contributed by atoms with E-state index in [0.29, 0.717) is 20.6 Å². The van der Waals surface area contributed by atoms with E-state index in [9.17, 15) is 19.8 Å². The monoisotopic (exact) mass is 370 g/mol. The van der Waals surface area contributed by atoms with Gasteiger partial charge in [0, 0.05) is 10.0 Å². The zero-order valence-corrected chi connectivity index (χ0v) is 13.4. The number of hydrogen-bond donors (Lipinski definition) is 2. The number of allylic oxidation sites excluding steroid dienone is 2. The Morgan fingerprint density at radius 1 is 1.33 bits per heavy atom. The van der Waals surface area contributed by atoms with Crippen molar-refractivity contribution in [2.24, 2.45) is 5.41 Å². The molecule has 6 heteroatoms. The second kappa shape index (κ2) is 5.66. The molecule has 0 fully saturated rings. The van der Waals surface area contributed by atoms with Crippen LogP contribution < -0.4 is 0 Å². The van der Waals surface area contributed by atoms with E-state index in [4.69, 9.17) is 11.6 Å². The van der Waals surface area contributed by atoms with Crippen LogP contribution >= 0.6 is 27.5 Å². The average Bonchev–Trinajstić information content (AvgIpc) is 2.41. The molecule has 0 saturated carbocycles. The SMILES string of the molecule is CC1(C(=O)O)C=CC(c2ccc(Cl)c(Br)c2)=C(C(=O)O)C1. The molecule has 110 valence electrons. The fraction of sp³-hybridized carbons (Fsp3) is 0.200. The van der Waals surface area contributed by atoms with Gasteiger partial charge in [-0.25, -0.2) is 4.79 Å². The van der Waals surface area contributed by atoms with Crippen LogP contribution in [0.4, 0.5) is 0 Å². The highest BCUT2D eigenvalue weighted by molar-refractivity contribution is 9.10. The van der Waals surface area contributed by atoms with Crippen LogP contribution in [0.15, 0.2) is 40.4 Å². The van der Waals surface area contributed by atoms with Crippen LogP contribution in [0.1, 0.15) is 18.9 Å². The summed E-state index contributed by atoms with van der Waals surface area (Å²) in [5.41, 5.74) is 0.0449. The summed E-state index contributed by atoms with van der Waals surface area (Å²) in [7, 11) is 0. The second-order valence-electron chi connectivity index (χ2n) is 5.06. The van der Waals surface area contributed by atoms with Crippen molar-refractivity contribution in [3.63, 3.8) is 0 Å². The number of rotatable bonds is 3. The molecular formula is C15H12BrClO4. The standard InChI is InChI=1S/C15H12BrClO4/c1-15(14(20)21)5-4-9(10(7-15)13(18)19)8-2-3-12(17)11(16)6-8/h2-6H,7H2,1H3,(H,18,19)(H,20,21). The van der Waals surface area contributed by atoms with E-state index in [-0.39, 0.29) is 12.0 Å². The van der Waals surface area contributed by atoms with Crippen molar-refractivity contribution in [2.75, 3.05) is 0 Å². The summed E-state index contributed by atoms with van der Waals surface area (Å²) in [6.07, 6.45) is 3.01. The van der Waals surface area contributed by atoms with E-state index < -0.39 is 17.4 Å². The van der Waals surface area contributed by atoms with Crippen LogP contribution in [-0.4, -0.2) is 22.2 Å². The lowest BCUT2D eigenvalue weighted by Gasteiger charge is -2.26. The highest BCUT2D eigenvalue weighted by atomic mass is 79.9. The third kappa shape index (κ3) is 3.04. The van der Waals surface area contributed by atoms with Crippen molar-refractivity contribution in [1.29, 1.82) is 0 Å². The van der Waals surface area contributed by atoms with E-state index >= 15 is 0 Å². The maximum absolute atomic E-state index is 11.5. The quantitative estimate of drug-likeness (QED) is 0.842. The molecule has 1 aliphatic carbocycles. The van der Waals surface area contributed by atoms with Crippen LogP contribution in [-0.2, 0) is 9.59 Å². The molecule has 0 saturated heterocycles. The van der Waals surface area contributed by atoms with Gasteiger partial charge in [-0.15, -0.1) is 0 Å². The molecule has 0 spiro atoms. The van der Waals surface area contributed by atoms with Crippen LogP contribution in [0.3, 0.4) is 0 Å². The zero-order valence-electron chi connectivity index (χ0n) is 11.1. The van der Waals surface area contributed by atoms with Crippen LogP contribution in [0, 0.1) is 5.41 Å². The molecule has 0 amide bonds. The van der Waals surface area contributed by atoms with E-state index in [2.05, 4.69) is 15.9 Å². The molecule has 1 aliphatic rings. The van der Waals surface area contributed by atoms with E-state index in [1.807, 2.05) is 0 Å². The fourth-order valence-corrected chi connectivity index (χ4v) is 2.66. The van der Waals surface area contributed by atoms with E-state index in [1.165, 1.54) is 13.0 Å². The minimum Gasteiger partial charge on any atom is -0.481 e. The summed E-state index contributed by atoms with van der Waals surface area (Å²) in [6.45, 7) is 1.50. The fourth-order valence-electron chi connectivity index (χ4n) is 2.16. The van der Waals surface area contributed by atoms with Gasteiger partial charge < -0.3 is 10.2 Å².